The highest BCUT2D eigenvalue weighted by atomic mass is 32.1. The zero-order valence-electron chi connectivity index (χ0n) is 15.5. The van der Waals surface area contributed by atoms with Gasteiger partial charge in [0.1, 0.15) is 11.1 Å². The van der Waals surface area contributed by atoms with E-state index in [-0.39, 0.29) is 29.5 Å². The fourth-order valence-corrected chi connectivity index (χ4v) is 3.06. The van der Waals surface area contributed by atoms with Crippen molar-refractivity contribution in [3.8, 4) is 0 Å². The van der Waals surface area contributed by atoms with Gasteiger partial charge < -0.3 is 20.9 Å². The molecule has 0 aliphatic heterocycles. The predicted molar refractivity (Wildman–Crippen MR) is 97.2 cm³/mol. The Labute approximate surface area is 153 Å². The van der Waals surface area contributed by atoms with Crippen molar-refractivity contribution < 1.29 is 19.4 Å². The lowest BCUT2D eigenvalue weighted by Crippen LogP contribution is -2.50. The number of aliphatic hydroxyl groups is 1. The summed E-state index contributed by atoms with van der Waals surface area (Å²) in [6.45, 7) is 7.86. The van der Waals surface area contributed by atoms with E-state index >= 15 is 0 Å². The van der Waals surface area contributed by atoms with Gasteiger partial charge in [-0.15, -0.1) is 11.3 Å². The zero-order valence-corrected chi connectivity index (χ0v) is 16.3. The summed E-state index contributed by atoms with van der Waals surface area (Å²) in [5.74, 6) is -0.556. The molecule has 0 bridgehead atoms. The first-order chi connectivity index (χ1) is 11.7. The van der Waals surface area contributed by atoms with Crippen LogP contribution in [0, 0.1) is 11.8 Å². The number of hydrogen-bond donors (Lipinski definition) is 3. The summed E-state index contributed by atoms with van der Waals surface area (Å²) in [4.78, 5) is 27.9. The minimum absolute atomic E-state index is 0.0827. The highest BCUT2D eigenvalue weighted by Gasteiger charge is 2.27. The molecule has 0 aromatic carbocycles. The van der Waals surface area contributed by atoms with E-state index in [0.717, 1.165) is 6.42 Å². The minimum atomic E-state index is -0.879. The van der Waals surface area contributed by atoms with E-state index in [4.69, 9.17) is 5.73 Å². The lowest BCUT2D eigenvalue weighted by molar-refractivity contribution is -0.124. The molecule has 1 aromatic heterocycles. The Morgan fingerprint density at radius 1 is 1.40 bits per heavy atom. The van der Waals surface area contributed by atoms with Crippen LogP contribution in [0.4, 0.5) is 0 Å². The molecular formula is C17H29N3O4S. The molecule has 0 radical (unpaired) electrons. The van der Waals surface area contributed by atoms with Gasteiger partial charge in [-0.3, -0.25) is 4.79 Å². The van der Waals surface area contributed by atoms with Crippen molar-refractivity contribution in [3.63, 3.8) is 0 Å². The summed E-state index contributed by atoms with van der Waals surface area (Å²) in [7, 11) is 1.28. The summed E-state index contributed by atoms with van der Waals surface area (Å²) in [6, 6.07) is -0.822. The van der Waals surface area contributed by atoms with Crippen molar-refractivity contribution in [1.82, 2.24) is 10.3 Å². The number of nitrogens with one attached hydrogen (secondary N) is 1. The van der Waals surface area contributed by atoms with E-state index in [0.29, 0.717) is 11.4 Å². The summed E-state index contributed by atoms with van der Waals surface area (Å²) in [6.07, 6.45) is 0.236. The second kappa shape index (κ2) is 9.84. The topological polar surface area (TPSA) is 115 Å². The molecule has 8 heteroatoms. The third-order valence-electron chi connectivity index (χ3n) is 4.37. The standard InChI is InChI=1S/C17H29N3O4S/c1-6-10(4)14(18)15(22)19-11(9(2)3)7-13(21)16-20-12(8-25-16)17(23)24-5/h8-11,13-14,21H,6-7,18H2,1-5H3,(H,19,22)/t10-,11?,13+,14-/m0/s1. The first-order valence-corrected chi connectivity index (χ1v) is 9.36. The highest BCUT2D eigenvalue weighted by molar-refractivity contribution is 7.09. The molecule has 142 valence electrons. The number of rotatable bonds is 9. The monoisotopic (exact) mass is 371 g/mol. The molecule has 1 rings (SSSR count). The van der Waals surface area contributed by atoms with Crippen molar-refractivity contribution in [1.29, 1.82) is 0 Å². The van der Waals surface area contributed by atoms with Gasteiger partial charge in [0.2, 0.25) is 5.91 Å². The molecule has 0 aliphatic carbocycles. The fraction of sp³-hybridized carbons (Fsp3) is 0.706. The van der Waals surface area contributed by atoms with E-state index in [2.05, 4.69) is 15.0 Å². The van der Waals surface area contributed by atoms with Gasteiger partial charge in [-0.1, -0.05) is 34.1 Å². The van der Waals surface area contributed by atoms with E-state index in [1.165, 1.54) is 18.4 Å². The Hall–Kier alpha value is -1.51. The van der Waals surface area contributed by atoms with E-state index in [9.17, 15) is 14.7 Å². The Morgan fingerprint density at radius 2 is 2.04 bits per heavy atom. The summed E-state index contributed by atoms with van der Waals surface area (Å²) in [5.41, 5.74) is 6.15. The smallest absolute Gasteiger partial charge is 0.357 e. The Bertz CT molecular complexity index is 576. The van der Waals surface area contributed by atoms with Gasteiger partial charge >= 0.3 is 5.97 Å². The number of carbonyl (C=O) groups excluding carboxylic acids is 2. The zero-order chi connectivity index (χ0) is 19.1. The van der Waals surface area contributed by atoms with E-state index in [1.54, 1.807) is 5.38 Å². The molecule has 0 saturated heterocycles. The van der Waals surface area contributed by atoms with Gasteiger partial charge in [0.25, 0.3) is 0 Å². The first-order valence-electron chi connectivity index (χ1n) is 8.48. The SMILES string of the molecule is CC[C@H](C)[C@H](N)C(=O)NC(C[C@@H](O)c1nc(C(=O)OC)cs1)C(C)C. The minimum Gasteiger partial charge on any atom is -0.464 e. The van der Waals surface area contributed by atoms with Crippen LogP contribution >= 0.6 is 11.3 Å². The fourth-order valence-electron chi connectivity index (χ4n) is 2.27. The van der Waals surface area contributed by atoms with Gasteiger partial charge in [-0.05, 0) is 11.8 Å². The van der Waals surface area contributed by atoms with Gasteiger partial charge in [0, 0.05) is 17.8 Å². The maximum atomic E-state index is 12.3. The largest absolute Gasteiger partial charge is 0.464 e. The highest BCUT2D eigenvalue weighted by Crippen LogP contribution is 2.25. The quantitative estimate of drug-likeness (QED) is 0.571. The number of nitrogens with two attached hydrogens (primary N) is 1. The second-order valence-electron chi connectivity index (χ2n) is 6.58. The van der Waals surface area contributed by atoms with Crippen LogP contribution in [0.2, 0.25) is 0 Å². The number of aliphatic hydroxyl groups excluding tert-OH is 1. The number of methoxy groups -OCH3 is 1. The average molecular weight is 372 g/mol. The van der Waals surface area contributed by atoms with E-state index in [1.807, 2.05) is 27.7 Å². The molecule has 0 fully saturated rings. The Balaban J connectivity index is 2.75. The van der Waals surface area contributed by atoms with Crippen LogP contribution in [-0.4, -0.2) is 41.2 Å². The molecule has 0 aliphatic rings. The molecule has 0 spiro atoms. The van der Waals surface area contributed by atoms with Crippen molar-refractivity contribution in [2.45, 2.75) is 58.7 Å². The molecule has 25 heavy (non-hydrogen) atoms. The summed E-state index contributed by atoms with van der Waals surface area (Å²) >= 11 is 1.19. The van der Waals surface area contributed by atoms with Crippen molar-refractivity contribution >= 4 is 23.2 Å². The van der Waals surface area contributed by atoms with Crippen LogP contribution in [0.15, 0.2) is 5.38 Å². The van der Waals surface area contributed by atoms with Crippen LogP contribution < -0.4 is 11.1 Å². The van der Waals surface area contributed by atoms with Crippen LogP contribution in [0.5, 0.6) is 0 Å². The van der Waals surface area contributed by atoms with Crippen LogP contribution in [0.1, 0.15) is 62.1 Å². The van der Waals surface area contributed by atoms with Crippen LogP contribution in [0.25, 0.3) is 0 Å². The third kappa shape index (κ3) is 6.05. The summed E-state index contributed by atoms with van der Waals surface area (Å²) in [5, 5.41) is 15.3. The Morgan fingerprint density at radius 3 is 2.56 bits per heavy atom. The van der Waals surface area contributed by atoms with E-state index < -0.39 is 18.1 Å². The number of aromatic nitrogens is 1. The van der Waals surface area contributed by atoms with Crippen molar-refractivity contribution in [3.05, 3.63) is 16.1 Å². The molecule has 0 saturated carbocycles. The molecular weight excluding hydrogens is 342 g/mol. The van der Waals surface area contributed by atoms with Crippen LogP contribution in [-0.2, 0) is 9.53 Å². The first kappa shape index (κ1) is 21.5. The van der Waals surface area contributed by atoms with Gasteiger partial charge in [-0.25, -0.2) is 9.78 Å². The molecule has 7 nitrogen and oxygen atoms in total. The van der Waals surface area contributed by atoms with Gasteiger partial charge in [0.15, 0.2) is 5.69 Å². The van der Waals surface area contributed by atoms with Gasteiger partial charge in [0.05, 0.1) is 13.2 Å². The lowest BCUT2D eigenvalue weighted by atomic mass is 9.95. The van der Waals surface area contributed by atoms with Crippen LogP contribution in [0.3, 0.4) is 0 Å². The average Bonchev–Trinajstić information content (AvgIpc) is 3.08. The second-order valence-corrected chi connectivity index (χ2v) is 7.47. The van der Waals surface area contributed by atoms with Crippen molar-refractivity contribution in [2.24, 2.45) is 17.6 Å². The number of amides is 1. The van der Waals surface area contributed by atoms with Gasteiger partial charge in [-0.2, -0.15) is 0 Å². The summed E-state index contributed by atoms with van der Waals surface area (Å²) < 4.78 is 4.61. The van der Waals surface area contributed by atoms with Crippen molar-refractivity contribution in [2.75, 3.05) is 7.11 Å². The molecule has 1 heterocycles. The molecule has 1 aromatic rings. The molecule has 1 amide bonds. The molecule has 4 N–H and O–H groups in total. The Kier molecular flexibility index (Phi) is 8.47. The number of ether oxygens (including phenoxy) is 1. The lowest BCUT2D eigenvalue weighted by Gasteiger charge is -2.27. The number of thiazole rings is 1. The molecule has 4 atom stereocenters. The predicted octanol–water partition coefficient (Wildman–Crippen LogP) is 1.87. The number of esters is 1. The number of carbonyl (C=O) groups is 2. The number of nitrogens with zero attached hydrogens (tertiary/aromatic N) is 1. The number of hydrogen-bond acceptors (Lipinski definition) is 7. The maximum Gasteiger partial charge on any atom is 0.357 e. The molecule has 1 unspecified atom stereocenters. The maximum absolute atomic E-state index is 12.3. The normalized spacial score (nSPS) is 16.2. The third-order valence-corrected chi connectivity index (χ3v) is 5.32.